The van der Waals surface area contributed by atoms with Gasteiger partial charge in [-0.2, -0.15) is 5.10 Å². The first-order valence-corrected chi connectivity index (χ1v) is 11.0. The van der Waals surface area contributed by atoms with Crippen LogP contribution in [0.2, 0.25) is 0 Å². The predicted molar refractivity (Wildman–Crippen MR) is 144 cm³/mol. The topological polar surface area (TPSA) is 62.8 Å². The number of hydrogen-bond acceptors (Lipinski definition) is 3. The van der Waals surface area contributed by atoms with E-state index in [0.717, 1.165) is 41.8 Å². The van der Waals surface area contributed by atoms with Crippen molar-refractivity contribution >= 4 is 17.1 Å². The van der Waals surface area contributed by atoms with Crippen LogP contribution in [-0.2, 0) is 6.42 Å². The lowest BCUT2D eigenvalue weighted by Crippen LogP contribution is -2.23. The summed E-state index contributed by atoms with van der Waals surface area (Å²) in [5.74, 6) is 5.87. The van der Waals surface area contributed by atoms with Gasteiger partial charge < -0.3 is 11.2 Å². The van der Waals surface area contributed by atoms with Gasteiger partial charge in [0, 0.05) is 0 Å². The number of aliphatic imine (C=N–C) groups is 1. The Morgan fingerprint density at radius 2 is 1.81 bits per heavy atom. The molecule has 1 atom stereocenters. The molecule has 0 radical (unpaired) electrons. The van der Waals surface area contributed by atoms with Crippen molar-refractivity contribution in [3.05, 3.63) is 77.5 Å². The molecule has 1 aromatic rings. The van der Waals surface area contributed by atoms with E-state index >= 15 is 0 Å². The van der Waals surface area contributed by atoms with Crippen LogP contribution in [0.15, 0.2) is 70.9 Å². The molecule has 1 aromatic carbocycles. The van der Waals surface area contributed by atoms with E-state index < -0.39 is 0 Å². The molecular formula is C28H40N4. The molecular weight excluding hydrogens is 392 g/mol. The van der Waals surface area contributed by atoms with Crippen LogP contribution < -0.4 is 11.2 Å². The Kier molecular flexibility index (Phi) is 13.1. The zero-order valence-corrected chi connectivity index (χ0v) is 20.8. The maximum Gasteiger partial charge on any atom is 0.145 e. The Morgan fingerprint density at radius 3 is 2.34 bits per heavy atom. The molecule has 1 aliphatic rings. The summed E-state index contributed by atoms with van der Waals surface area (Å²) in [6, 6.07) is 6.86. The summed E-state index contributed by atoms with van der Waals surface area (Å²) in [6.45, 7) is 24.3. The van der Waals surface area contributed by atoms with Crippen LogP contribution in [0, 0.1) is 12.8 Å². The number of hydrazone groups is 1. The van der Waals surface area contributed by atoms with Crippen LogP contribution in [-0.4, -0.2) is 11.5 Å². The minimum atomic E-state index is 0.213. The van der Waals surface area contributed by atoms with Crippen LogP contribution in [0.25, 0.3) is 5.57 Å². The predicted octanol–water partition coefficient (Wildman–Crippen LogP) is 6.73. The summed E-state index contributed by atoms with van der Waals surface area (Å²) in [6.07, 6.45) is 13.0. The average molecular weight is 433 g/mol. The molecule has 0 amide bonds. The second-order valence-corrected chi connectivity index (χ2v) is 7.37. The number of nitrogens with one attached hydrogen (secondary N) is 1. The van der Waals surface area contributed by atoms with Crippen LogP contribution in [0.1, 0.15) is 77.1 Å². The van der Waals surface area contributed by atoms with Crippen LogP contribution in [0.4, 0.5) is 0 Å². The number of allylic oxidation sites excluding steroid dienone is 4. The van der Waals surface area contributed by atoms with Crippen LogP contribution in [0.5, 0.6) is 0 Å². The van der Waals surface area contributed by atoms with E-state index in [2.05, 4.69) is 73.1 Å². The van der Waals surface area contributed by atoms with Crippen molar-refractivity contribution in [3.63, 3.8) is 0 Å². The summed E-state index contributed by atoms with van der Waals surface area (Å²) in [4.78, 5) is 4.51. The summed E-state index contributed by atoms with van der Waals surface area (Å²) in [5.41, 5.74) is 8.61. The standard InChI is InChI=1S/C24H32N4.C2H6.C2H2/c1-8-16(4)20-9-11-22-21(14-20)10-12-23(22)26-18(6)24(27-19(7)28-25)13-17(5)15(2)3;2*1-2/h9,11,13-14,23,26H,2,4,6,8,10,12,25H2,1,3,5,7H3;1-2H3;1-2H/b17-13+,27-24+,28-19+;;/t23-;;/m0../s1. The maximum atomic E-state index is 5.37. The number of hydrogen-bond donors (Lipinski definition) is 2. The van der Waals surface area contributed by atoms with Gasteiger partial charge >= 0.3 is 0 Å². The summed E-state index contributed by atoms with van der Waals surface area (Å²) >= 11 is 0. The molecule has 0 unspecified atom stereocenters. The number of nitrogens with zero attached hydrogens (tertiary/aromatic N) is 2. The molecule has 0 saturated heterocycles. The lowest BCUT2D eigenvalue weighted by Gasteiger charge is -2.18. The Bertz CT molecular complexity index is 926. The van der Waals surface area contributed by atoms with Gasteiger partial charge in [0.25, 0.3) is 0 Å². The highest BCUT2D eigenvalue weighted by Crippen LogP contribution is 2.34. The van der Waals surface area contributed by atoms with Crippen molar-refractivity contribution < 1.29 is 0 Å². The quantitative estimate of drug-likeness (QED) is 0.125. The largest absolute Gasteiger partial charge is 0.377 e. The van der Waals surface area contributed by atoms with E-state index in [0.29, 0.717) is 5.84 Å². The van der Waals surface area contributed by atoms with Gasteiger partial charge in [-0.05, 0) is 73.9 Å². The van der Waals surface area contributed by atoms with Crippen molar-refractivity contribution in [2.45, 2.75) is 66.8 Å². The minimum Gasteiger partial charge on any atom is -0.377 e. The third-order valence-corrected chi connectivity index (χ3v) is 5.21. The maximum absolute atomic E-state index is 5.37. The van der Waals surface area contributed by atoms with Crippen LogP contribution >= 0.6 is 0 Å². The van der Waals surface area contributed by atoms with Gasteiger partial charge in [-0.1, -0.05) is 64.3 Å². The number of fused-ring (bicyclic) bond motifs is 1. The lowest BCUT2D eigenvalue weighted by molar-refractivity contribution is 0.607. The summed E-state index contributed by atoms with van der Waals surface area (Å²) in [7, 11) is 0. The molecule has 32 heavy (non-hydrogen) atoms. The van der Waals surface area contributed by atoms with Crippen molar-refractivity contribution in [3.8, 4) is 12.8 Å². The Balaban J connectivity index is 0.00000227. The monoisotopic (exact) mass is 432 g/mol. The van der Waals surface area contributed by atoms with E-state index in [1.54, 1.807) is 6.92 Å². The fraction of sp³-hybridized carbons (Fsp3) is 0.357. The molecule has 2 rings (SSSR count). The molecule has 0 spiro atoms. The van der Waals surface area contributed by atoms with Gasteiger partial charge in [0.2, 0.25) is 0 Å². The van der Waals surface area contributed by atoms with Gasteiger partial charge in [0.05, 0.1) is 17.5 Å². The average Bonchev–Trinajstić information content (AvgIpc) is 3.22. The highest BCUT2D eigenvalue weighted by Gasteiger charge is 2.23. The number of amidine groups is 1. The number of benzene rings is 1. The number of aryl methyl sites for hydroxylation is 1. The molecule has 0 fully saturated rings. The second kappa shape index (κ2) is 14.6. The molecule has 172 valence electrons. The Morgan fingerprint density at radius 1 is 1.19 bits per heavy atom. The fourth-order valence-corrected chi connectivity index (χ4v) is 3.19. The molecule has 1 aliphatic carbocycles. The number of nitrogens with two attached hydrogens (primary N) is 1. The second-order valence-electron chi connectivity index (χ2n) is 7.37. The van der Waals surface area contributed by atoms with Crippen molar-refractivity contribution in [2.75, 3.05) is 0 Å². The molecule has 0 aromatic heterocycles. The van der Waals surface area contributed by atoms with E-state index in [1.165, 1.54) is 22.3 Å². The van der Waals surface area contributed by atoms with E-state index in [1.807, 2.05) is 33.8 Å². The van der Waals surface area contributed by atoms with Gasteiger partial charge in [-0.3, -0.25) is 0 Å². The van der Waals surface area contributed by atoms with E-state index in [4.69, 9.17) is 5.84 Å². The smallest absolute Gasteiger partial charge is 0.145 e. The number of terminal acetylenes is 1. The number of rotatable bonds is 7. The summed E-state index contributed by atoms with van der Waals surface area (Å²) < 4.78 is 0. The zero-order chi connectivity index (χ0) is 24.8. The molecule has 0 aliphatic heterocycles. The zero-order valence-electron chi connectivity index (χ0n) is 20.8. The molecule has 4 heteroatoms. The third kappa shape index (κ3) is 8.07. The normalized spacial score (nSPS) is 15.4. The first-order chi connectivity index (χ1) is 15.3. The minimum absolute atomic E-state index is 0.213. The Labute approximate surface area is 195 Å². The van der Waals surface area contributed by atoms with Crippen molar-refractivity contribution in [1.82, 2.24) is 5.32 Å². The van der Waals surface area contributed by atoms with Crippen molar-refractivity contribution in [1.29, 1.82) is 0 Å². The first-order valence-electron chi connectivity index (χ1n) is 11.0. The first kappa shape index (κ1) is 28.7. The lowest BCUT2D eigenvalue weighted by atomic mass is 9.99. The van der Waals surface area contributed by atoms with Crippen molar-refractivity contribution in [2.24, 2.45) is 15.9 Å². The third-order valence-electron chi connectivity index (χ3n) is 5.21. The van der Waals surface area contributed by atoms with Gasteiger partial charge in [0.1, 0.15) is 5.84 Å². The molecule has 4 nitrogen and oxygen atoms in total. The summed E-state index contributed by atoms with van der Waals surface area (Å²) in [5, 5.41) is 7.22. The molecule has 3 N–H and O–H groups in total. The van der Waals surface area contributed by atoms with Gasteiger partial charge in [-0.15, -0.1) is 12.8 Å². The highest BCUT2D eigenvalue weighted by atomic mass is 15.2. The molecule has 0 heterocycles. The van der Waals surface area contributed by atoms with Crippen LogP contribution in [0.3, 0.4) is 0 Å². The van der Waals surface area contributed by atoms with E-state index in [-0.39, 0.29) is 6.04 Å². The van der Waals surface area contributed by atoms with Gasteiger partial charge in [0.15, 0.2) is 0 Å². The SMILES string of the molecule is C#C.C=C(C)/C(C)=C/C(=N\C(C)=N\N)C(=C)N[C@H]1CCc2cc(C(=C)CC)ccc21.CC. The Hall–Kier alpha value is -3.32. The molecule has 0 saturated carbocycles. The molecule has 0 bridgehead atoms. The fourth-order valence-electron chi connectivity index (χ4n) is 3.19. The van der Waals surface area contributed by atoms with E-state index in [9.17, 15) is 0 Å². The van der Waals surface area contributed by atoms with Gasteiger partial charge in [-0.25, -0.2) is 4.99 Å². The highest BCUT2D eigenvalue weighted by molar-refractivity contribution is 6.13.